The van der Waals surface area contributed by atoms with Gasteiger partial charge in [-0.15, -0.1) is 0 Å². The van der Waals surface area contributed by atoms with Crippen LogP contribution < -0.4 is 19.2 Å². The Morgan fingerprint density at radius 1 is 1.08 bits per heavy atom. The molecule has 0 fully saturated rings. The Morgan fingerprint density at radius 3 is 2.38 bits per heavy atom. The molecular formula is C26H26BrN3O5S2. The minimum atomic E-state index is -4.06. The topological polar surface area (TPSA) is 97.7 Å². The molecular weight excluding hydrogens is 578 g/mol. The van der Waals surface area contributed by atoms with Gasteiger partial charge in [0.15, 0.2) is 0 Å². The average molecular weight is 605 g/mol. The Balaban J connectivity index is 1.64. The van der Waals surface area contributed by atoms with E-state index < -0.39 is 22.5 Å². The lowest BCUT2D eigenvalue weighted by molar-refractivity contribution is -0.114. The van der Waals surface area contributed by atoms with E-state index in [0.29, 0.717) is 23.7 Å². The number of thiazole rings is 1. The fourth-order valence-corrected chi connectivity index (χ4v) is 6.60. The van der Waals surface area contributed by atoms with E-state index in [9.17, 15) is 18.0 Å². The molecule has 8 nitrogen and oxygen atoms in total. The quantitative estimate of drug-likeness (QED) is 0.267. The Bertz CT molecular complexity index is 1580. The maximum absolute atomic E-state index is 13.6. The molecule has 0 bridgehead atoms. The number of hydrogen-bond acceptors (Lipinski definition) is 6. The molecule has 1 amide bonds. The number of halogens is 1. The zero-order chi connectivity index (χ0) is 26.7. The van der Waals surface area contributed by atoms with Gasteiger partial charge in [0.2, 0.25) is 5.91 Å². The molecule has 0 saturated carbocycles. The summed E-state index contributed by atoms with van der Waals surface area (Å²) in [4.78, 5) is 25.4. The number of anilines is 2. The number of rotatable bonds is 9. The van der Waals surface area contributed by atoms with Crippen LogP contribution in [0.3, 0.4) is 0 Å². The van der Waals surface area contributed by atoms with Crippen molar-refractivity contribution in [3.8, 4) is 5.75 Å². The van der Waals surface area contributed by atoms with Crippen molar-refractivity contribution in [2.45, 2.75) is 31.7 Å². The highest BCUT2D eigenvalue weighted by molar-refractivity contribution is 9.10. The number of sulfonamides is 1. The molecule has 11 heteroatoms. The van der Waals surface area contributed by atoms with Crippen LogP contribution >= 0.6 is 27.3 Å². The number of nitrogens with zero attached hydrogens (tertiary/aromatic N) is 2. The highest BCUT2D eigenvalue weighted by atomic mass is 79.9. The van der Waals surface area contributed by atoms with Gasteiger partial charge < -0.3 is 10.1 Å². The molecule has 4 rings (SSSR count). The van der Waals surface area contributed by atoms with Crippen molar-refractivity contribution in [2.24, 2.45) is 0 Å². The van der Waals surface area contributed by atoms with Crippen LogP contribution in [0.4, 0.5) is 11.4 Å². The lowest BCUT2D eigenvalue weighted by Gasteiger charge is -2.24. The molecule has 0 spiro atoms. The fourth-order valence-electron chi connectivity index (χ4n) is 3.86. The molecule has 1 aromatic heterocycles. The van der Waals surface area contributed by atoms with Crippen molar-refractivity contribution in [3.63, 3.8) is 0 Å². The van der Waals surface area contributed by atoms with E-state index in [1.54, 1.807) is 59.2 Å². The minimum absolute atomic E-state index is 0.00757. The van der Waals surface area contributed by atoms with Crippen LogP contribution in [-0.4, -0.2) is 32.0 Å². The van der Waals surface area contributed by atoms with E-state index in [-0.39, 0.29) is 15.8 Å². The van der Waals surface area contributed by atoms with E-state index in [1.807, 2.05) is 20.8 Å². The van der Waals surface area contributed by atoms with Crippen molar-refractivity contribution >= 4 is 64.8 Å². The van der Waals surface area contributed by atoms with Crippen molar-refractivity contribution in [2.75, 3.05) is 22.8 Å². The normalized spacial score (nSPS) is 11.6. The van der Waals surface area contributed by atoms with Gasteiger partial charge >= 0.3 is 4.87 Å². The molecule has 1 N–H and O–H groups in total. The number of ether oxygens (including phenoxy) is 1. The van der Waals surface area contributed by atoms with Gasteiger partial charge in [-0.3, -0.25) is 18.5 Å². The molecule has 0 aliphatic heterocycles. The monoisotopic (exact) mass is 603 g/mol. The molecule has 0 unspecified atom stereocenters. The Kier molecular flexibility index (Phi) is 8.05. The van der Waals surface area contributed by atoms with Gasteiger partial charge in [0.25, 0.3) is 10.0 Å². The second kappa shape index (κ2) is 11.1. The van der Waals surface area contributed by atoms with Gasteiger partial charge in [0.05, 0.1) is 27.4 Å². The predicted molar refractivity (Wildman–Crippen MR) is 151 cm³/mol. The summed E-state index contributed by atoms with van der Waals surface area (Å²) in [7, 11) is -4.06. The van der Waals surface area contributed by atoms with Gasteiger partial charge in [-0.05, 0) is 87.5 Å². The standard InChI is InChI=1S/C26H26BrN3O5S2/c1-4-35-21-10-8-20(9-11-21)29(37(33,34)22-12-5-18(27)6-13-22)16-25(31)28-19-7-14-23-24(15-19)36-26(32)30(23)17(2)3/h5-15,17H,4,16H2,1-3H3,(H,28,31). The van der Waals surface area contributed by atoms with Crippen LogP contribution in [-0.2, 0) is 14.8 Å². The molecule has 0 aliphatic carbocycles. The van der Waals surface area contributed by atoms with Gasteiger partial charge in [-0.1, -0.05) is 27.3 Å². The first-order valence-electron chi connectivity index (χ1n) is 11.6. The van der Waals surface area contributed by atoms with Gasteiger partial charge in [-0.2, -0.15) is 0 Å². The summed E-state index contributed by atoms with van der Waals surface area (Å²) >= 11 is 4.42. The highest BCUT2D eigenvalue weighted by Gasteiger charge is 2.27. The summed E-state index contributed by atoms with van der Waals surface area (Å²) in [6.45, 7) is 5.75. The van der Waals surface area contributed by atoms with Crippen LogP contribution in [0, 0.1) is 0 Å². The van der Waals surface area contributed by atoms with Crippen LogP contribution in [0.15, 0.2) is 80.9 Å². The maximum atomic E-state index is 13.6. The first kappa shape index (κ1) is 26.9. The van der Waals surface area contributed by atoms with E-state index >= 15 is 0 Å². The Labute approximate surface area is 227 Å². The molecule has 0 saturated heterocycles. The van der Waals surface area contributed by atoms with Gasteiger partial charge in [0, 0.05) is 16.2 Å². The molecule has 4 aromatic rings. The lowest BCUT2D eigenvalue weighted by atomic mass is 10.2. The first-order chi connectivity index (χ1) is 17.6. The van der Waals surface area contributed by atoms with Crippen LogP contribution in [0.5, 0.6) is 5.75 Å². The maximum Gasteiger partial charge on any atom is 0.308 e. The average Bonchev–Trinajstić information content (AvgIpc) is 3.18. The number of aromatic nitrogens is 1. The van der Waals surface area contributed by atoms with Crippen LogP contribution in [0.2, 0.25) is 0 Å². The number of amides is 1. The zero-order valence-electron chi connectivity index (χ0n) is 20.5. The van der Waals surface area contributed by atoms with E-state index in [0.717, 1.165) is 30.3 Å². The summed E-state index contributed by atoms with van der Waals surface area (Å²) in [5.74, 6) is 0.0712. The number of carbonyl (C=O) groups is 1. The Morgan fingerprint density at radius 2 is 1.76 bits per heavy atom. The van der Waals surface area contributed by atoms with Crippen molar-refractivity contribution in [1.82, 2.24) is 4.57 Å². The molecule has 0 atom stereocenters. The lowest BCUT2D eigenvalue weighted by Crippen LogP contribution is -2.38. The second-order valence-corrected chi connectivity index (χ2v) is 12.2. The third kappa shape index (κ3) is 5.89. The van der Waals surface area contributed by atoms with Crippen molar-refractivity contribution in [1.29, 1.82) is 0 Å². The SMILES string of the molecule is CCOc1ccc(N(CC(=O)Nc2ccc3c(c2)sc(=O)n3C(C)C)S(=O)(=O)c2ccc(Br)cc2)cc1. The van der Waals surface area contributed by atoms with E-state index in [2.05, 4.69) is 21.2 Å². The summed E-state index contributed by atoms with van der Waals surface area (Å²) < 4.78 is 36.9. The number of nitrogens with one attached hydrogen (secondary N) is 1. The smallest absolute Gasteiger partial charge is 0.308 e. The summed E-state index contributed by atoms with van der Waals surface area (Å²) in [6.07, 6.45) is 0. The van der Waals surface area contributed by atoms with Crippen molar-refractivity contribution < 1.29 is 17.9 Å². The molecule has 194 valence electrons. The predicted octanol–water partition coefficient (Wildman–Crippen LogP) is 5.64. The fraction of sp³-hybridized carbons (Fsp3) is 0.231. The van der Waals surface area contributed by atoms with Crippen LogP contribution in [0.25, 0.3) is 10.2 Å². The molecule has 0 aliphatic rings. The van der Waals surface area contributed by atoms with Gasteiger partial charge in [-0.25, -0.2) is 8.42 Å². The summed E-state index contributed by atoms with van der Waals surface area (Å²) in [6, 6.07) is 18.0. The summed E-state index contributed by atoms with van der Waals surface area (Å²) in [5, 5.41) is 2.77. The molecule has 3 aromatic carbocycles. The van der Waals surface area contributed by atoms with E-state index in [4.69, 9.17) is 4.74 Å². The largest absolute Gasteiger partial charge is 0.494 e. The third-order valence-electron chi connectivity index (χ3n) is 5.54. The Hall–Kier alpha value is -3.15. The van der Waals surface area contributed by atoms with Crippen LogP contribution in [0.1, 0.15) is 26.8 Å². The third-order valence-corrected chi connectivity index (χ3v) is 8.77. The summed E-state index contributed by atoms with van der Waals surface area (Å²) in [5.41, 5.74) is 1.59. The number of benzene rings is 3. The minimum Gasteiger partial charge on any atom is -0.494 e. The first-order valence-corrected chi connectivity index (χ1v) is 14.6. The highest BCUT2D eigenvalue weighted by Crippen LogP contribution is 2.28. The number of carbonyl (C=O) groups excluding carboxylic acids is 1. The molecule has 1 heterocycles. The number of hydrogen-bond donors (Lipinski definition) is 1. The molecule has 0 radical (unpaired) electrons. The second-order valence-electron chi connectivity index (χ2n) is 8.45. The number of fused-ring (bicyclic) bond motifs is 1. The van der Waals surface area contributed by atoms with E-state index in [1.165, 1.54) is 12.1 Å². The zero-order valence-corrected chi connectivity index (χ0v) is 23.7. The van der Waals surface area contributed by atoms with Crippen molar-refractivity contribution in [3.05, 3.63) is 80.9 Å². The molecule has 37 heavy (non-hydrogen) atoms. The van der Waals surface area contributed by atoms with Gasteiger partial charge in [0.1, 0.15) is 12.3 Å².